The van der Waals surface area contributed by atoms with Crippen LogP contribution >= 0.6 is 0 Å². The fourth-order valence-electron chi connectivity index (χ4n) is 4.47. The molecule has 4 unspecified atom stereocenters. The van der Waals surface area contributed by atoms with E-state index in [2.05, 4.69) is 36.0 Å². The molecule has 2 aromatic carbocycles. The van der Waals surface area contributed by atoms with Crippen molar-refractivity contribution in [3.8, 4) is 11.8 Å². The van der Waals surface area contributed by atoms with E-state index in [-0.39, 0.29) is 30.0 Å². The molecule has 4 N–H and O–H groups in total. The Bertz CT molecular complexity index is 933. The molecule has 2 heterocycles. The van der Waals surface area contributed by atoms with Crippen LogP contribution in [0.4, 0.5) is 0 Å². The molecule has 0 spiro atoms. The van der Waals surface area contributed by atoms with Crippen LogP contribution in [0.15, 0.2) is 47.9 Å². The normalized spacial score (nSPS) is 27.1. The minimum Gasteiger partial charge on any atom is -0.496 e. The van der Waals surface area contributed by atoms with Crippen molar-refractivity contribution in [2.45, 2.75) is 38.0 Å². The van der Waals surface area contributed by atoms with Crippen molar-refractivity contribution in [3.05, 3.63) is 53.4 Å². The number of allylic oxidation sites excluding steroid dienone is 1. The van der Waals surface area contributed by atoms with E-state index in [9.17, 15) is 5.26 Å². The van der Waals surface area contributed by atoms with E-state index in [4.69, 9.17) is 15.2 Å². The average Bonchev–Trinajstić information content (AvgIpc) is 3.08. The quantitative estimate of drug-likeness (QED) is 0.773. The third kappa shape index (κ3) is 2.80. The van der Waals surface area contributed by atoms with Gasteiger partial charge in [0.25, 0.3) is 0 Å². The standard InChI is InChI=1S/C21H24N4O2/c1-3-6-15-19-18(14(11-22)20(23)27-21(19)25-24-15)17-13-8-5-4-7-12(13)9-10-16(17)26-2/h4-5,7-10,15,18-19,21,24-25H,3,6,23H2,1-2H3. The van der Waals surface area contributed by atoms with Gasteiger partial charge >= 0.3 is 0 Å². The van der Waals surface area contributed by atoms with Crippen LogP contribution in [0.2, 0.25) is 0 Å². The van der Waals surface area contributed by atoms with E-state index < -0.39 is 0 Å². The molecule has 1 fully saturated rings. The SMILES string of the molecule is CCCC1NNC2OC(N)=C(C#N)C(c3c(OC)ccc4ccccc34)C12. The van der Waals surface area contributed by atoms with Gasteiger partial charge in [0.15, 0.2) is 6.23 Å². The Balaban J connectivity index is 1.97. The van der Waals surface area contributed by atoms with Crippen LogP contribution in [0.25, 0.3) is 10.8 Å². The van der Waals surface area contributed by atoms with Gasteiger partial charge in [0.2, 0.25) is 5.88 Å². The summed E-state index contributed by atoms with van der Waals surface area (Å²) in [5, 5.41) is 12.1. The zero-order valence-corrected chi connectivity index (χ0v) is 15.5. The molecular weight excluding hydrogens is 340 g/mol. The van der Waals surface area contributed by atoms with E-state index in [0.717, 1.165) is 34.9 Å². The molecule has 0 bridgehead atoms. The number of hydrogen-bond donors (Lipinski definition) is 3. The lowest BCUT2D eigenvalue weighted by Crippen LogP contribution is -2.41. The first-order valence-electron chi connectivity index (χ1n) is 9.32. The third-order valence-corrected chi connectivity index (χ3v) is 5.62. The first-order chi connectivity index (χ1) is 13.2. The van der Waals surface area contributed by atoms with Crippen molar-refractivity contribution in [2.75, 3.05) is 7.11 Å². The van der Waals surface area contributed by atoms with E-state index in [0.29, 0.717) is 5.57 Å². The molecule has 6 heteroatoms. The maximum absolute atomic E-state index is 9.92. The van der Waals surface area contributed by atoms with Gasteiger partial charge in [-0.25, -0.2) is 5.43 Å². The van der Waals surface area contributed by atoms with Gasteiger partial charge < -0.3 is 15.2 Å². The van der Waals surface area contributed by atoms with E-state index in [1.165, 1.54) is 0 Å². The fraction of sp³-hybridized carbons (Fsp3) is 0.381. The van der Waals surface area contributed by atoms with Crippen molar-refractivity contribution < 1.29 is 9.47 Å². The van der Waals surface area contributed by atoms with Gasteiger partial charge in [-0.15, -0.1) is 0 Å². The summed E-state index contributed by atoms with van der Waals surface area (Å²) in [6.07, 6.45) is 1.72. The summed E-state index contributed by atoms with van der Waals surface area (Å²) >= 11 is 0. The van der Waals surface area contributed by atoms with Crippen LogP contribution in [0.5, 0.6) is 5.75 Å². The van der Waals surface area contributed by atoms with Gasteiger partial charge in [-0.3, -0.25) is 5.43 Å². The number of nitrogens with two attached hydrogens (primary N) is 1. The van der Waals surface area contributed by atoms with Crippen molar-refractivity contribution in [3.63, 3.8) is 0 Å². The lowest BCUT2D eigenvalue weighted by molar-refractivity contribution is 0.0336. The van der Waals surface area contributed by atoms with E-state index in [1.54, 1.807) is 7.11 Å². The predicted molar refractivity (Wildman–Crippen MR) is 103 cm³/mol. The van der Waals surface area contributed by atoms with E-state index >= 15 is 0 Å². The van der Waals surface area contributed by atoms with Crippen LogP contribution in [0.1, 0.15) is 31.2 Å². The average molecular weight is 364 g/mol. The first-order valence-corrected chi connectivity index (χ1v) is 9.32. The lowest BCUT2D eigenvalue weighted by Gasteiger charge is -2.36. The predicted octanol–water partition coefficient (Wildman–Crippen LogP) is 2.87. The highest BCUT2D eigenvalue weighted by molar-refractivity contribution is 5.89. The second kappa shape index (κ2) is 7.10. The Kier molecular flexibility index (Phi) is 4.65. The topological polar surface area (TPSA) is 92.3 Å². The number of fused-ring (bicyclic) bond motifs is 2. The molecule has 0 radical (unpaired) electrons. The van der Waals surface area contributed by atoms with Gasteiger partial charge in [0, 0.05) is 23.4 Å². The summed E-state index contributed by atoms with van der Waals surface area (Å²) in [5.41, 5.74) is 14.2. The summed E-state index contributed by atoms with van der Waals surface area (Å²) in [4.78, 5) is 0. The van der Waals surface area contributed by atoms with Crippen LogP contribution in [0, 0.1) is 17.2 Å². The summed E-state index contributed by atoms with van der Waals surface area (Å²) < 4.78 is 11.6. The molecule has 0 saturated carbocycles. The van der Waals surface area contributed by atoms with Gasteiger partial charge in [-0.05, 0) is 23.3 Å². The minimum absolute atomic E-state index is 0.0339. The smallest absolute Gasteiger partial charge is 0.200 e. The summed E-state index contributed by atoms with van der Waals surface area (Å²) in [6.45, 7) is 2.15. The van der Waals surface area contributed by atoms with Crippen molar-refractivity contribution in [1.29, 1.82) is 5.26 Å². The number of hydrazine groups is 1. The number of nitrogens with zero attached hydrogens (tertiary/aromatic N) is 1. The Hall–Kier alpha value is -2.75. The third-order valence-electron chi connectivity index (χ3n) is 5.62. The monoisotopic (exact) mass is 364 g/mol. The second-order valence-electron chi connectivity index (χ2n) is 7.07. The number of benzene rings is 2. The van der Waals surface area contributed by atoms with Crippen molar-refractivity contribution in [2.24, 2.45) is 11.7 Å². The molecule has 1 saturated heterocycles. The minimum atomic E-state index is -0.285. The molecule has 2 aliphatic rings. The van der Waals surface area contributed by atoms with Crippen LogP contribution < -0.4 is 21.3 Å². The maximum atomic E-state index is 9.92. The number of methoxy groups -OCH3 is 1. The van der Waals surface area contributed by atoms with Crippen LogP contribution in [-0.2, 0) is 4.74 Å². The number of ether oxygens (including phenoxy) is 2. The second-order valence-corrected chi connectivity index (χ2v) is 7.07. The largest absolute Gasteiger partial charge is 0.496 e. The summed E-state index contributed by atoms with van der Waals surface area (Å²) in [7, 11) is 1.66. The molecule has 0 amide bonds. The van der Waals surface area contributed by atoms with Gasteiger partial charge in [-0.2, -0.15) is 5.26 Å². The number of rotatable bonds is 4. The Morgan fingerprint density at radius 3 is 2.78 bits per heavy atom. The summed E-state index contributed by atoms with van der Waals surface area (Å²) in [6, 6.07) is 14.7. The lowest BCUT2D eigenvalue weighted by atomic mass is 9.73. The van der Waals surface area contributed by atoms with E-state index in [1.807, 2.05) is 24.3 Å². The van der Waals surface area contributed by atoms with Crippen molar-refractivity contribution in [1.82, 2.24) is 10.9 Å². The van der Waals surface area contributed by atoms with Crippen molar-refractivity contribution >= 4 is 10.8 Å². The molecule has 4 rings (SSSR count). The molecule has 0 aliphatic carbocycles. The molecule has 27 heavy (non-hydrogen) atoms. The van der Waals surface area contributed by atoms with Gasteiger partial charge in [0.1, 0.15) is 11.8 Å². The van der Waals surface area contributed by atoms with Crippen LogP contribution in [0.3, 0.4) is 0 Å². The Morgan fingerprint density at radius 2 is 2.04 bits per heavy atom. The number of hydrogen-bond acceptors (Lipinski definition) is 6. The highest BCUT2D eigenvalue weighted by Crippen LogP contribution is 2.48. The molecule has 140 valence electrons. The summed E-state index contributed by atoms with van der Waals surface area (Å²) in [5.74, 6) is 0.771. The molecule has 0 aromatic heterocycles. The molecule has 6 nitrogen and oxygen atoms in total. The Morgan fingerprint density at radius 1 is 1.22 bits per heavy atom. The number of nitriles is 1. The van der Waals surface area contributed by atoms with Gasteiger partial charge in [0.05, 0.1) is 12.7 Å². The Labute approximate surface area is 158 Å². The first kappa shape index (κ1) is 17.7. The molecule has 4 atom stereocenters. The fourth-order valence-corrected chi connectivity index (χ4v) is 4.47. The highest BCUT2D eigenvalue weighted by atomic mass is 16.5. The molecule has 2 aliphatic heterocycles. The number of nitrogens with one attached hydrogen (secondary N) is 2. The zero-order chi connectivity index (χ0) is 19.0. The zero-order valence-electron chi connectivity index (χ0n) is 15.5. The molecule has 2 aromatic rings. The van der Waals surface area contributed by atoms with Crippen LogP contribution in [-0.4, -0.2) is 19.4 Å². The van der Waals surface area contributed by atoms with Gasteiger partial charge in [-0.1, -0.05) is 43.7 Å². The highest BCUT2D eigenvalue weighted by Gasteiger charge is 2.49. The maximum Gasteiger partial charge on any atom is 0.200 e. The molecular formula is C21H24N4O2.